The van der Waals surface area contributed by atoms with Crippen molar-refractivity contribution < 1.29 is 22.3 Å². The number of hydrogen-bond acceptors (Lipinski definition) is 5. The van der Waals surface area contributed by atoms with Gasteiger partial charge in [0.05, 0.1) is 16.3 Å². The molecule has 1 atom stereocenters. The molecule has 0 bridgehead atoms. The van der Waals surface area contributed by atoms with Gasteiger partial charge >= 0.3 is 0 Å². The Balaban J connectivity index is 2.13. The van der Waals surface area contributed by atoms with Gasteiger partial charge in [0.1, 0.15) is 6.10 Å². The van der Waals surface area contributed by atoms with E-state index in [0.717, 1.165) is 10.9 Å². The van der Waals surface area contributed by atoms with Crippen LogP contribution in [0.15, 0.2) is 35.2 Å². The number of rotatable bonds is 7. The van der Waals surface area contributed by atoms with Crippen molar-refractivity contribution in [3.05, 3.63) is 45.4 Å². The summed E-state index contributed by atoms with van der Waals surface area (Å²) in [6, 6.07) is 6.92. The van der Waals surface area contributed by atoms with Crippen molar-refractivity contribution >= 4 is 33.0 Å². The van der Waals surface area contributed by atoms with E-state index in [0.29, 0.717) is 4.34 Å². The molecule has 2 rings (SSSR count). The molecule has 0 saturated heterocycles. The van der Waals surface area contributed by atoms with Gasteiger partial charge in [-0.3, -0.25) is 0 Å². The Morgan fingerprint density at radius 2 is 2.04 bits per heavy atom. The van der Waals surface area contributed by atoms with Crippen LogP contribution in [0.2, 0.25) is 4.34 Å². The molecule has 126 valence electrons. The van der Waals surface area contributed by atoms with Gasteiger partial charge in [-0.2, -0.15) is 0 Å². The number of sulfonamides is 1. The van der Waals surface area contributed by atoms with Gasteiger partial charge in [-0.15, -0.1) is 11.3 Å². The van der Waals surface area contributed by atoms with Crippen LogP contribution in [0, 0.1) is 5.82 Å². The molecule has 0 aliphatic rings. The van der Waals surface area contributed by atoms with Crippen LogP contribution in [0.5, 0.6) is 5.75 Å². The summed E-state index contributed by atoms with van der Waals surface area (Å²) in [6.07, 6.45) is -0.481. The maximum Gasteiger partial charge on any atom is 0.240 e. The molecule has 2 aromatic rings. The fourth-order valence-electron chi connectivity index (χ4n) is 1.88. The summed E-state index contributed by atoms with van der Waals surface area (Å²) in [5.41, 5.74) is 0. The minimum Gasteiger partial charge on any atom is -0.494 e. The molecule has 0 fully saturated rings. The maximum absolute atomic E-state index is 13.7. The molecule has 0 aliphatic heterocycles. The third kappa shape index (κ3) is 4.42. The van der Waals surface area contributed by atoms with Crippen LogP contribution in [0.25, 0.3) is 0 Å². The van der Waals surface area contributed by atoms with E-state index in [9.17, 15) is 12.8 Å². The van der Waals surface area contributed by atoms with Crippen molar-refractivity contribution in [3.8, 4) is 5.75 Å². The molecule has 0 aliphatic carbocycles. The summed E-state index contributed by atoms with van der Waals surface area (Å²) >= 11 is 7.17. The predicted octanol–water partition coefficient (Wildman–Crippen LogP) is 3.22. The molecular weight excluding hydrogens is 365 g/mol. The lowest BCUT2D eigenvalue weighted by molar-refractivity contribution is 0.110. The molecule has 1 heterocycles. The van der Waals surface area contributed by atoms with Crippen molar-refractivity contribution in [1.29, 1.82) is 0 Å². The summed E-state index contributed by atoms with van der Waals surface area (Å²) in [4.78, 5) is 0.607. The number of nitrogens with one attached hydrogen (secondary N) is 1. The van der Waals surface area contributed by atoms with Crippen LogP contribution in [-0.4, -0.2) is 29.2 Å². The minimum atomic E-state index is -3.87. The Morgan fingerprint density at radius 1 is 1.30 bits per heavy atom. The Hall–Kier alpha value is -1.19. The minimum absolute atomic E-state index is 0.00330. The molecule has 1 aromatic carbocycles. The molecule has 23 heavy (non-hydrogen) atoms. The first-order chi connectivity index (χ1) is 10.9. The van der Waals surface area contributed by atoms with Crippen LogP contribution in [0.3, 0.4) is 0 Å². The van der Waals surface area contributed by atoms with E-state index < -0.39 is 21.9 Å². The molecule has 1 aromatic heterocycles. The molecule has 9 heteroatoms. The highest BCUT2D eigenvalue weighted by Crippen LogP contribution is 2.28. The first-order valence-electron chi connectivity index (χ1n) is 6.48. The molecule has 5 nitrogen and oxygen atoms in total. The highest BCUT2D eigenvalue weighted by atomic mass is 35.5. The van der Waals surface area contributed by atoms with Gasteiger partial charge in [0.25, 0.3) is 0 Å². The lowest BCUT2D eigenvalue weighted by Crippen LogP contribution is -2.29. The van der Waals surface area contributed by atoms with Crippen LogP contribution < -0.4 is 9.46 Å². The Bertz CT molecular complexity index is 779. The van der Waals surface area contributed by atoms with Gasteiger partial charge in [0.15, 0.2) is 11.6 Å². The molecule has 0 spiro atoms. The summed E-state index contributed by atoms with van der Waals surface area (Å²) in [5.74, 6) is -0.768. The smallest absolute Gasteiger partial charge is 0.240 e. The zero-order chi connectivity index (χ0) is 17.0. The molecule has 0 saturated carbocycles. The first-order valence-corrected chi connectivity index (χ1v) is 9.16. The summed E-state index contributed by atoms with van der Waals surface area (Å²) in [6.45, 7) is 0.00330. The number of halogens is 2. The average molecular weight is 380 g/mol. The fraction of sp³-hybridized carbons (Fsp3) is 0.286. The van der Waals surface area contributed by atoms with E-state index in [1.807, 2.05) is 0 Å². The second-order valence-electron chi connectivity index (χ2n) is 4.51. The molecule has 0 radical (unpaired) electrons. The number of hydrogen-bond donors (Lipinski definition) is 1. The van der Waals surface area contributed by atoms with Crippen molar-refractivity contribution in [1.82, 2.24) is 4.72 Å². The van der Waals surface area contributed by atoms with E-state index in [1.165, 1.54) is 37.7 Å². The normalized spacial score (nSPS) is 13.0. The maximum atomic E-state index is 13.7. The number of benzene rings is 1. The van der Waals surface area contributed by atoms with Gasteiger partial charge in [0.2, 0.25) is 10.0 Å². The van der Waals surface area contributed by atoms with Gasteiger partial charge < -0.3 is 9.47 Å². The van der Waals surface area contributed by atoms with Gasteiger partial charge in [-0.05, 0) is 30.3 Å². The third-order valence-corrected chi connectivity index (χ3v) is 5.83. The van der Waals surface area contributed by atoms with Gasteiger partial charge in [0, 0.05) is 18.5 Å². The lowest BCUT2D eigenvalue weighted by atomic mass is 10.3. The molecule has 0 amide bonds. The summed E-state index contributed by atoms with van der Waals surface area (Å²) in [7, 11) is -1.09. The fourth-order valence-corrected chi connectivity index (χ4v) is 4.07. The average Bonchev–Trinajstić information content (AvgIpc) is 2.94. The zero-order valence-electron chi connectivity index (χ0n) is 12.4. The quantitative estimate of drug-likeness (QED) is 0.802. The van der Waals surface area contributed by atoms with Gasteiger partial charge in [-0.1, -0.05) is 11.6 Å². The van der Waals surface area contributed by atoms with Crippen molar-refractivity contribution in [3.63, 3.8) is 0 Å². The largest absolute Gasteiger partial charge is 0.494 e. The highest BCUT2D eigenvalue weighted by Gasteiger charge is 2.20. The standard InChI is InChI=1S/C14H15ClFNO4S2/c1-20-11-4-3-9(7-10(11)16)23(18,19)17-8-12(21-2)13-5-6-14(15)22-13/h3-7,12,17H,8H2,1-2H3. The molecule has 1 N–H and O–H groups in total. The van der Waals surface area contributed by atoms with Gasteiger partial charge in [-0.25, -0.2) is 17.5 Å². The van der Waals surface area contributed by atoms with Crippen molar-refractivity contribution in [2.45, 2.75) is 11.0 Å². The zero-order valence-corrected chi connectivity index (χ0v) is 14.8. The summed E-state index contributed by atoms with van der Waals surface area (Å²) in [5, 5.41) is 0. The summed E-state index contributed by atoms with van der Waals surface area (Å²) < 4.78 is 51.2. The SMILES string of the molecule is COc1ccc(S(=O)(=O)NCC(OC)c2ccc(Cl)s2)cc1F. The van der Waals surface area contributed by atoms with E-state index in [-0.39, 0.29) is 17.2 Å². The van der Waals surface area contributed by atoms with E-state index in [2.05, 4.69) is 4.72 Å². The van der Waals surface area contributed by atoms with E-state index >= 15 is 0 Å². The monoisotopic (exact) mass is 379 g/mol. The highest BCUT2D eigenvalue weighted by molar-refractivity contribution is 7.89. The number of methoxy groups -OCH3 is 2. The lowest BCUT2D eigenvalue weighted by Gasteiger charge is -2.15. The predicted molar refractivity (Wildman–Crippen MR) is 87.2 cm³/mol. The second kappa shape index (κ2) is 7.59. The molecule has 1 unspecified atom stereocenters. The van der Waals surface area contributed by atoms with E-state index in [1.54, 1.807) is 12.1 Å². The Labute approximate surface area is 143 Å². The number of ether oxygens (including phenoxy) is 2. The Kier molecular flexibility index (Phi) is 5.99. The topological polar surface area (TPSA) is 64.6 Å². The third-order valence-electron chi connectivity index (χ3n) is 3.09. The van der Waals surface area contributed by atoms with Crippen LogP contribution in [-0.2, 0) is 14.8 Å². The van der Waals surface area contributed by atoms with Crippen molar-refractivity contribution in [2.75, 3.05) is 20.8 Å². The second-order valence-corrected chi connectivity index (χ2v) is 8.03. The molecular formula is C14H15ClFNO4S2. The Morgan fingerprint density at radius 3 is 2.57 bits per heavy atom. The van der Waals surface area contributed by atoms with Crippen molar-refractivity contribution in [2.24, 2.45) is 0 Å². The van der Waals surface area contributed by atoms with Crippen LogP contribution in [0.1, 0.15) is 11.0 Å². The van der Waals surface area contributed by atoms with Crippen LogP contribution >= 0.6 is 22.9 Å². The van der Waals surface area contributed by atoms with Crippen LogP contribution in [0.4, 0.5) is 4.39 Å². The van der Waals surface area contributed by atoms with E-state index in [4.69, 9.17) is 21.1 Å². The first kappa shape index (κ1) is 18.2. The number of thiophene rings is 1.